The van der Waals surface area contributed by atoms with Crippen molar-refractivity contribution in [2.24, 2.45) is 0 Å². The van der Waals surface area contributed by atoms with Crippen LogP contribution < -0.4 is 31.3 Å². The average molecular weight is 844 g/mol. The van der Waals surface area contributed by atoms with Gasteiger partial charge in [0, 0.05) is 61.8 Å². The van der Waals surface area contributed by atoms with Crippen LogP contribution in [-0.2, 0) is 27.1 Å². The molecule has 4 heterocycles. The number of nitrogens with zero attached hydrogens (tertiary/aromatic N) is 3. The second-order valence-corrected chi connectivity index (χ2v) is 23.9. The summed E-state index contributed by atoms with van der Waals surface area (Å²) in [6.07, 6.45) is 9.54. The third kappa shape index (κ3) is 5.25. The number of benzene rings is 5. The summed E-state index contributed by atoms with van der Waals surface area (Å²) in [4.78, 5) is 8.11. The molecule has 2 unspecified atom stereocenters. The molecule has 1 aromatic heterocycles. The topological polar surface area (TPSA) is 22.9 Å². The van der Waals surface area contributed by atoms with Gasteiger partial charge in [-0.25, -0.2) is 0 Å². The van der Waals surface area contributed by atoms with Gasteiger partial charge in [-0.15, -0.1) is 0 Å². The first kappa shape index (κ1) is 40.4. The van der Waals surface area contributed by atoms with Crippen molar-refractivity contribution in [1.82, 2.24) is 0 Å². The summed E-state index contributed by atoms with van der Waals surface area (Å²) in [5.74, 6) is 1.25. The highest BCUT2D eigenvalue weighted by Gasteiger charge is 2.62. The minimum Gasteiger partial charge on any atom is -0.472 e. The van der Waals surface area contributed by atoms with Crippen LogP contribution in [0, 0.1) is 6.92 Å². The highest BCUT2D eigenvalue weighted by atomic mass is 16.3. The molecule has 13 rings (SSSR count). The zero-order valence-corrected chi connectivity index (χ0v) is 40.3. The number of furan rings is 1. The Bertz CT molecular complexity index is 2890. The molecule has 64 heavy (non-hydrogen) atoms. The van der Waals surface area contributed by atoms with E-state index in [4.69, 9.17) is 4.42 Å². The van der Waals surface area contributed by atoms with Crippen LogP contribution in [-0.4, -0.2) is 12.3 Å². The monoisotopic (exact) mass is 844 g/mol. The predicted molar refractivity (Wildman–Crippen MR) is 271 cm³/mol. The minimum atomic E-state index is -0.101. The van der Waals surface area contributed by atoms with E-state index in [0.29, 0.717) is 0 Å². The van der Waals surface area contributed by atoms with Gasteiger partial charge in [0.25, 0.3) is 6.71 Å². The zero-order chi connectivity index (χ0) is 44.5. The molecule has 2 saturated carbocycles. The molecule has 0 saturated heterocycles. The maximum Gasteiger partial charge on any atom is 0.297 e. The van der Waals surface area contributed by atoms with Crippen LogP contribution in [0.5, 0.6) is 0 Å². The van der Waals surface area contributed by atoms with Crippen LogP contribution in [0.25, 0.3) is 0 Å². The molecule has 5 heteroatoms. The third-order valence-electron chi connectivity index (χ3n) is 17.8. The Morgan fingerprint density at radius 3 is 1.67 bits per heavy atom. The lowest BCUT2D eigenvalue weighted by Crippen LogP contribution is -2.62. The lowest BCUT2D eigenvalue weighted by Gasteiger charge is -2.51. The molecule has 4 nitrogen and oxygen atoms in total. The van der Waals surface area contributed by atoms with E-state index in [2.05, 4.69) is 194 Å². The predicted octanol–water partition coefficient (Wildman–Crippen LogP) is 14.1. The lowest BCUT2D eigenvalue weighted by atomic mass is 9.35. The lowest BCUT2D eigenvalue weighted by molar-refractivity contribution is 0.159. The fourth-order valence-corrected chi connectivity index (χ4v) is 13.8. The number of hydrogen-bond acceptors (Lipinski definition) is 4. The molecule has 0 spiro atoms. The maximum atomic E-state index is 7.78. The molecule has 2 atom stereocenters. The minimum absolute atomic E-state index is 0.0287. The smallest absolute Gasteiger partial charge is 0.297 e. The van der Waals surface area contributed by atoms with Gasteiger partial charge in [-0.1, -0.05) is 124 Å². The molecule has 0 N–H and O–H groups in total. The van der Waals surface area contributed by atoms with Crippen LogP contribution in [0.2, 0.25) is 0 Å². The van der Waals surface area contributed by atoms with Gasteiger partial charge in [-0.2, -0.15) is 0 Å². The van der Waals surface area contributed by atoms with Crippen molar-refractivity contribution >= 4 is 68.8 Å². The maximum absolute atomic E-state index is 7.78. The van der Waals surface area contributed by atoms with Gasteiger partial charge in [-0.05, 0) is 151 Å². The molecule has 5 aromatic carbocycles. The molecule has 0 radical (unpaired) electrons. The molecular weight excluding hydrogens is 777 g/mol. The van der Waals surface area contributed by atoms with Crippen LogP contribution in [0.1, 0.15) is 154 Å². The van der Waals surface area contributed by atoms with Crippen molar-refractivity contribution in [3.8, 4) is 0 Å². The fourth-order valence-electron chi connectivity index (χ4n) is 13.8. The molecule has 7 aliphatic rings. The molecule has 6 aromatic rings. The van der Waals surface area contributed by atoms with Gasteiger partial charge in [-0.3, -0.25) is 0 Å². The number of fused-ring (bicyclic) bond motifs is 10. The molecule has 4 aliphatic carbocycles. The fraction of sp³-hybridized carbons (Fsp3) is 0.424. The van der Waals surface area contributed by atoms with Crippen molar-refractivity contribution in [2.45, 2.75) is 160 Å². The normalized spacial score (nSPS) is 26.3. The number of rotatable bonds is 3. The first-order valence-corrected chi connectivity index (χ1v) is 24.5. The molecule has 2 bridgehead atoms. The van der Waals surface area contributed by atoms with Crippen LogP contribution in [0.15, 0.2) is 108 Å². The number of anilines is 8. The van der Waals surface area contributed by atoms with Gasteiger partial charge >= 0.3 is 0 Å². The van der Waals surface area contributed by atoms with E-state index >= 15 is 0 Å². The highest BCUT2D eigenvalue weighted by molar-refractivity contribution is 6.99. The molecule has 0 amide bonds. The van der Waals surface area contributed by atoms with E-state index in [9.17, 15) is 0 Å². The Hall–Kier alpha value is -5.16. The van der Waals surface area contributed by atoms with E-state index in [1.807, 2.05) is 0 Å². The second-order valence-electron chi connectivity index (χ2n) is 23.9. The van der Waals surface area contributed by atoms with Crippen LogP contribution >= 0.6 is 0 Å². The summed E-state index contributed by atoms with van der Waals surface area (Å²) in [7, 11) is 0. The summed E-state index contributed by atoms with van der Waals surface area (Å²) in [6, 6.07) is 40.4. The van der Waals surface area contributed by atoms with Crippen molar-refractivity contribution in [1.29, 1.82) is 0 Å². The first-order chi connectivity index (χ1) is 30.4. The van der Waals surface area contributed by atoms with E-state index in [-0.39, 0.29) is 39.3 Å². The molecule has 3 aliphatic heterocycles. The zero-order valence-electron chi connectivity index (χ0n) is 40.3. The van der Waals surface area contributed by atoms with Gasteiger partial charge in [0.2, 0.25) is 0 Å². The SMILES string of the molecule is Cc1cc2c3c(c1)N(c1ccc(C(C)(C)C)cc1)c1c(ccc4c1C1(C)CCCCC1(C)N4c1ccccc1)B3c1oc3c(c1N2c1ccc(C(C)(C)C)cc1)C1(C)CCC3(C)CC1. The van der Waals surface area contributed by atoms with Crippen LogP contribution in [0.4, 0.5) is 45.5 Å². The van der Waals surface area contributed by atoms with Crippen molar-refractivity contribution in [3.63, 3.8) is 0 Å². The van der Waals surface area contributed by atoms with E-state index < -0.39 is 0 Å². The van der Waals surface area contributed by atoms with E-state index in [1.165, 1.54) is 129 Å². The largest absolute Gasteiger partial charge is 0.472 e. The summed E-state index contributed by atoms with van der Waals surface area (Å²) >= 11 is 0. The Morgan fingerprint density at radius 1 is 0.547 bits per heavy atom. The standard InChI is InChI=1S/C59H66BN3O/c1-37-35-45-49-46(36-37)62(41-25-21-39(22-26-41)55(5,6)7)51-48-52(57(9)33-31-56(48,8)32-34-57)64-53(51)60(49)43-27-28-44-47(50(43)61(45)40-23-19-38(20-24-40)54(2,3)4)58(10)29-15-16-30-59(58,11)63(44)42-17-13-12-14-18-42/h12-14,17-28,35-36H,15-16,29-34H2,1-11H3. The summed E-state index contributed by atoms with van der Waals surface area (Å²) < 4.78 is 7.78. The van der Waals surface area contributed by atoms with Gasteiger partial charge < -0.3 is 19.1 Å². The van der Waals surface area contributed by atoms with Crippen molar-refractivity contribution in [3.05, 3.63) is 137 Å². The van der Waals surface area contributed by atoms with Gasteiger partial charge in [0.1, 0.15) is 5.76 Å². The first-order valence-electron chi connectivity index (χ1n) is 24.5. The Labute approximate surface area is 383 Å². The van der Waals surface area contributed by atoms with Crippen LogP contribution in [0.3, 0.4) is 0 Å². The van der Waals surface area contributed by atoms with E-state index in [1.54, 1.807) is 0 Å². The Kier molecular flexibility index (Phi) is 8.21. The van der Waals surface area contributed by atoms with E-state index in [0.717, 1.165) is 18.5 Å². The van der Waals surface area contributed by atoms with Crippen molar-refractivity contribution in [2.75, 3.05) is 14.7 Å². The Balaban J connectivity index is 1.20. The summed E-state index contributed by atoms with van der Waals surface area (Å²) in [6.45, 7) is 26.4. The quantitative estimate of drug-likeness (QED) is 0.165. The molecule has 326 valence electrons. The highest BCUT2D eigenvalue weighted by Crippen LogP contribution is 2.65. The number of para-hydroxylation sites is 1. The Morgan fingerprint density at radius 2 is 1.09 bits per heavy atom. The number of aryl methyl sites for hydroxylation is 1. The summed E-state index contributed by atoms with van der Waals surface area (Å²) in [5.41, 5.74) is 21.1. The second kappa shape index (κ2) is 13.0. The third-order valence-corrected chi connectivity index (χ3v) is 17.8. The summed E-state index contributed by atoms with van der Waals surface area (Å²) in [5, 5.41) is 0. The number of hydrogen-bond donors (Lipinski definition) is 0. The van der Waals surface area contributed by atoms with Gasteiger partial charge in [0.05, 0.1) is 16.9 Å². The average Bonchev–Trinajstić information content (AvgIpc) is 3.78. The molecular formula is C59H66BN3O. The van der Waals surface area contributed by atoms with Crippen molar-refractivity contribution < 1.29 is 4.42 Å². The molecule has 2 fully saturated rings. The van der Waals surface area contributed by atoms with Gasteiger partial charge in [0.15, 0.2) is 0 Å².